The Balaban J connectivity index is 1.48. The summed E-state index contributed by atoms with van der Waals surface area (Å²) in [7, 11) is 2.05. The van der Waals surface area contributed by atoms with Gasteiger partial charge in [0.25, 0.3) is 0 Å². The van der Waals surface area contributed by atoms with Crippen LogP contribution in [0.5, 0.6) is 6.01 Å². The lowest BCUT2D eigenvalue weighted by Crippen LogP contribution is -2.49. The first-order chi connectivity index (χ1) is 19.2. The fourth-order valence-corrected chi connectivity index (χ4v) is 5.81. The Hall–Kier alpha value is -3.41. The first-order valence-corrected chi connectivity index (χ1v) is 13.7. The minimum Gasteiger partial charge on any atom is -0.462 e. The Labute approximate surface area is 231 Å². The van der Waals surface area contributed by atoms with Crippen LogP contribution < -0.4 is 14.5 Å². The number of nitrogens with zero attached hydrogens (tertiary/aromatic N) is 6. The van der Waals surface area contributed by atoms with Crippen LogP contribution in [0.2, 0.25) is 0 Å². The molecule has 1 atom stereocenters. The van der Waals surface area contributed by atoms with E-state index in [2.05, 4.69) is 21.4 Å². The minimum absolute atomic E-state index is 0.0615. The van der Waals surface area contributed by atoms with Gasteiger partial charge in [-0.15, -0.1) is 0 Å². The number of fused-ring (bicyclic) bond motifs is 1. The minimum atomic E-state index is -4.84. The topological polar surface area (TPSA) is 65.0 Å². The molecule has 0 spiro atoms. The lowest BCUT2D eigenvalue weighted by atomic mass is 10.1. The summed E-state index contributed by atoms with van der Waals surface area (Å²) in [5, 5.41) is 0. The Morgan fingerprint density at radius 3 is 2.55 bits per heavy atom. The van der Waals surface area contributed by atoms with Gasteiger partial charge in [0.15, 0.2) is 0 Å². The van der Waals surface area contributed by atoms with Gasteiger partial charge >= 0.3 is 12.2 Å². The zero-order chi connectivity index (χ0) is 28.4. The number of likely N-dealkylation sites (tertiary alicyclic amines) is 1. The van der Waals surface area contributed by atoms with Crippen LogP contribution in [0.25, 0.3) is 0 Å². The monoisotopic (exact) mass is 562 g/mol. The quantitative estimate of drug-likeness (QED) is 0.391. The average Bonchev–Trinajstić information content (AvgIpc) is 3.22. The molecule has 216 valence electrons. The van der Waals surface area contributed by atoms with E-state index in [1.807, 2.05) is 7.05 Å². The zero-order valence-corrected chi connectivity index (χ0v) is 22.6. The van der Waals surface area contributed by atoms with Crippen molar-refractivity contribution < 1.29 is 27.1 Å². The normalized spacial score (nSPS) is 20.3. The fraction of sp³-hybridized carbons (Fsp3) is 0.536. The number of hydrogen-bond acceptors (Lipinski definition) is 7. The lowest BCUT2D eigenvalue weighted by molar-refractivity contribution is -0.139. The second kappa shape index (κ2) is 11.6. The lowest BCUT2D eigenvalue weighted by Gasteiger charge is -2.36. The molecule has 12 heteroatoms. The van der Waals surface area contributed by atoms with E-state index in [1.54, 1.807) is 9.80 Å². The van der Waals surface area contributed by atoms with Crippen LogP contribution in [0.3, 0.4) is 0 Å². The molecule has 2 aromatic rings. The highest BCUT2D eigenvalue weighted by Gasteiger charge is 2.39. The Kier molecular flexibility index (Phi) is 8.16. The number of likely N-dealkylation sites (N-methyl/N-ethyl adjacent to an activating group) is 1. The van der Waals surface area contributed by atoms with Gasteiger partial charge in [-0.2, -0.15) is 23.1 Å². The van der Waals surface area contributed by atoms with Crippen LogP contribution in [0.15, 0.2) is 30.9 Å². The SMILES string of the molecule is C=CC(=O)N1CCN(c2nc(OC[C@@H]3CCCN3C)nc3c2CCCN(c2cccc(F)c2C(F)(F)F)C3)CC1. The van der Waals surface area contributed by atoms with Crippen molar-refractivity contribution in [2.75, 3.05) is 62.7 Å². The maximum absolute atomic E-state index is 14.4. The molecular weight excluding hydrogens is 528 g/mol. The Bertz CT molecular complexity index is 1250. The number of amides is 1. The van der Waals surface area contributed by atoms with Crippen LogP contribution in [0, 0.1) is 5.82 Å². The largest absolute Gasteiger partial charge is 0.462 e. The Morgan fingerprint density at radius 1 is 1.10 bits per heavy atom. The molecule has 0 N–H and O–H groups in total. The van der Waals surface area contributed by atoms with Crippen molar-refractivity contribution in [1.82, 2.24) is 19.8 Å². The number of hydrogen-bond donors (Lipinski definition) is 0. The number of ether oxygens (including phenoxy) is 1. The maximum atomic E-state index is 14.4. The van der Waals surface area contributed by atoms with Gasteiger partial charge in [0.1, 0.15) is 23.8 Å². The molecule has 3 aliphatic heterocycles. The second-order valence-corrected chi connectivity index (χ2v) is 10.5. The number of piperazine rings is 1. The summed E-state index contributed by atoms with van der Waals surface area (Å²) in [6.45, 7) is 7.40. The van der Waals surface area contributed by atoms with Gasteiger partial charge in [-0.05, 0) is 57.5 Å². The van der Waals surface area contributed by atoms with E-state index in [1.165, 1.54) is 18.2 Å². The molecule has 0 unspecified atom stereocenters. The van der Waals surface area contributed by atoms with Gasteiger partial charge in [-0.3, -0.25) is 4.79 Å². The number of benzene rings is 1. The highest BCUT2D eigenvalue weighted by atomic mass is 19.4. The summed E-state index contributed by atoms with van der Waals surface area (Å²) >= 11 is 0. The van der Waals surface area contributed by atoms with Crippen molar-refractivity contribution in [3.05, 3.63) is 53.5 Å². The first-order valence-electron chi connectivity index (χ1n) is 13.7. The van der Waals surface area contributed by atoms with Crippen molar-refractivity contribution in [1.29, 1.82) is 0 Å². The molecule has 2 fully saturated rings. The van der Waals surface area contributed by atoms with Crippen molar-refractivity contribution in [2.45, 2.75) is 44.4 Å². The van der Waals surface area contributed by atoms with Crippen LogP contribution in [0.1, 0.15) is 36.1 Å². The summed E-state index contributed by atoms with van der Waals surface area (Å²) in [4.78, 5) is 29.2. The molecule has 2 saturated heterocycles. The predicted octanol–water partition coefficient (Wildman–Crippen LogP) is 3.89. The van der Waals surface area contributed by atoms with Crippen LogP contribution in [-0.4, -0.2) is 84.6 Å². The first kappa shape index (κ1) is 28.1. The van der Waals surface area contributed by atoms with Gasteiger partial charge in [0, 0.05) is 44.3 Å². The second-order valence-electron chi connectivity index (χ2n) is 10.5. The van der Waals surface area contributed by atoms with Gasteiger partial charge in [-0.25, -0.2) is 4.39 Å². The number of anilines is 2. The van der Waals surface area contributed by atoms with E-state index in [4.69, 9.17) is 9.72 Å². The summed E-state index contributed by atoms with van der Waals surface area (Å²) < 4.78 is 62.1. The summed E-state index contributed by atoms with van der Waals surface area (Å²) in [6.07, 6.45) is -0.362. The molecule has 0 saturated carbocycles. The highest BCUT2D eigenvalue weighted by molar-refractivity contribution is 5.87. The summed E-state index contributed by atoms with van der Waals surface area (Å²) in [5.74, 6) is -0.741. The van der Waals surface area contributed by atoms with Crippen molar-refractivity contribution in [2.24, 2.45) is 0 Å². The molecule has 4 heterocycles. The molecule has 40 heavy (non-hydrogen) atoms. The third kappa shape index (κ3) is 5.86. The number of carbonyl (C=O) groups is 1. The van der Waals surface area contributed by atoms with Crippen LogP contribution >= 0.6 is 0 Å². The predicted molar refractivity (Wildman–Crippen MR) is 143 cm³/mol. The van der Waals surface area contributed by atoms with E-state index in [0.717, 1.165) is 31.0 Å². The fourth-order valence-electron chi connectivity index (χ4n) is 5.81. The third-order valence-electron chi connectivity index (χ3n) is 8.00. The third-order valence-corrected chi connectivity index (χ3v) is 8.00. The van der Waals surface area contributed by atoms with Crippen LogP contribution in [-0.2, 0) is 23.9 Å². The molecule has 1 aromatic heterocycles. The summed E-state index contributed by atoms with van der Waals surface area (Å²) in [6, 6.07) is 3.85. The molecule has 8 nitrogen and oxygen atoms in total. The van der Waals surface area contributed by atoms with E-state index in [-0.39, 0.29) is 30.2 Å². The number of rotatable bonds is 6. The molecule has 0 aliphatic carbocycles. The van der Waals surface area contributed by atoms with Gasteiger partial charge in [0.05, 0.1) is 17.9 Å². The van der Waals surface area contributed by atoms with E-state index < -0.39 is 17.6 Å². The van der Waals surface area contributed by atoms with Crippen molar-refractivity contribution >= 4 is 17.4 Å². The van der Waals surface area contributed by atoms with E-state index in [9.17, 15) is 22.4 Å². The summed E-state index contributed by atoms with van der Waals surface area (Å²) in [5.41, 5.74) is -0.0517. The molecule has 3 aliphatic rings. The number of aromatic nitrogens is 2. The molecule has 1 amide bonds. The number of alkyl halides is 3. The van der Waals surface area contributed by atoms with Gasteiger partial charge in [0.2, 0.25) is 5.91 Å². The average molecular weight is 563 g/mol. The number of carbonyl (C=O) groups excluding carboxylic acids is 1. The standard InChI is InChI=1S/C28H34F4N6O2/c1-3-24(39)36-13-15-37(16-14-36)26-20-8-6-12-38(23-10-4-9-21(29)25(23)28(30,31)32)17-22(20)33-27(34-26)40-18-19-7-5-11-35(19)2/h3-4,9-10,19H,1,5-8,11-18H2,2H3/t19-/m0/s1. The Morgan fingerprint density at radius 2 is 1.88 bits per heavy atom. The highest BCUT2D eigenvalue weighted by Crippen LogP contribution is 2.40. The zero-order valence-electron chi connectivity index (χ0n) is 22.6. The molecular formula is C28H34F4N6O2. The van der Waals surface area contributed by atoms with Gasteiger partial charge in [-0.1, -0.05) is 12.6 Å². The van der Waals surface area contributed by atoms with Crippen molar-refractivity contribution in [3.8, 4) is 6.01 Å². The molecule has 0 radical (unpaired) electrons. The van der Waals surface area contributed by atoms with Crippen molar-refractivity contribution in [3.63, 3.8) is 0 Å². The van der Waals surface area contributed by atoms with Gasteiger partial charge < -0.3 is 24.3 Å². The molecule has 5 rings (SSSR count). The molecule has 1 aromatic carbocycles. The van der Waals surface area contributed by atoms with E-state index >= 15 is 0 Å². The number of halogens is 4. The molecule has 0 bridgehead atoms. The smallest absolute Gasteiger partial charge is 0.421 e. The van der Waals surface area contributed by atoms with Crippen LogP contribution in [0.4, 0.5) is 29.1 Å². The van der Waals surface area contributed by atoms with E-state index in [0.29, 0.717) is 63.7 Å². The maximum Gasteiger partial charge on any atom is 0.421 e.